The Morgan fingerprint density at radius 1 is 1.07 bits per heavy atom. The Labute approximate surface area is 175 Å². The lowest BCUT2D eigenvalue weighted by Gasteiger charge is -2.29. The third kappa shape index (κ3) is 5.53. The molecule has 1 N–H and O–H groups in total. The highest BCUT2D eigenvalue weighted by Gasteiger charge is 2.30. The predicted molar refractivity (Wildman–Crippen MR) is 113 cm³/mol. The number of nitrogens with one attached hydrogen (secondary N) is 1. The summed E-state index contributed by atoms with van der Waals surface area (Å²) in [6, 6.07) is 10.3. The first kappa shape index (κ1) is 22.3. The van der Waals surface area contributed by atoms with Crippen molar-refractivity contribution in [3.63, 3.8) is 0 Å². The van der Waals surface area contributed by atoms with Crippen LogP contribution in [0.15, 0.2) is 42.5 Å². The molecule has 28 heavy (non-hydrogen) atoms. The molecule has 0 heterocycles. The number of hydrogen-bond acceptors (Lipinski definition) is 4. The number of amides is 1. The summed E-state index contributed by atoms with van der Waals surface area (Å²) in [5.74, 6) is 0.251. The van der Waals surface area contributed by atoms with Crippen molar-refractivity contribution in [2.75, 3.05) is 17.7 Å². The summed E-state index contributed by atoms with van der Waals surface area (Å²) < 4.78 is 30.9. The Hall–Kier alpha value is -1.96. The van der Waals surface area contributed by atoms with Crippen molar-refractivity contribution >= 4 is 44.8 Å². The van der Waals surface area contributed by atoms with E-state index in [0.29, 0.717) is 5.75 Å². The maximum absolute atomic E-state index is 12.8. The van der Waals surface area contributed by atoms with Crippen LogP contribution < -0.4 is 14.4 Å². The molecule has 0 aliphatic carbocycles. The van der Waals surface area contributed by atoms with Gasteiger partial charge in [-0.25, -0.2) is 8.42 Å². The van der Waals surface area contributed by atoms with Crippen LogP contribution in [0, 0.1) is 0 Å². The zero-order valence-corrected chi connectivity index (χ0v) is 18.3. The van der Waals surface area contributed by atoms with E-state index in [4.69, 9.17) is 27.9 Å². The molecule has 1 amide bonds. The van der Waals surface area contributed by atoms with Gasteiger partial charge >= 0.3 is 0 Å². The molecular weight excluding hydrogens is 423 g/mol. The highest BCUT2D eigenvalue weighted by molar-refractivity contribution is 7.92. The van der Waals surface area contributed by atoms with Crippen molar-refractivity contribution in [1.82, 2.24) is 5.32 Å². The van der Waals surface area contributed by atoms with Crippen molar-refractivity contribution in [1.29, 1.82) is 0 Å². The standard InChI is InChI=1S/C19H22Cl2N2O4S/c1-12(14-5-7-18(27-3)8-6-14)22-19(24)13(2)23(28(4,25)26)17-10-15(20)9-16(21)11-17/h5-13H,1-4H3,(H,22,24). The van der Waals surface area contributed by atoms with Crippen LogP contribution in [0.4, 0.5) is 5.69 Å². The molecule has 9 heteroatoms. The number of halogens is 2. The molecule has 2 aromatic carbocycles. The second-order valence-electron chi connectivity index (χ2n) is 6.37. The number of carbonyl (C=O) groups excluding carboxylic acids is 1. The molecular formula is C19H22Cl2N2O4S. The zero-order chi connectivity index (χ0) is 21.1. The second-order valence-corrected chi connectivity index (χ2v) is 9.10. The van der Waals surface area contributed by atoms with E-state index in [1.807, 2.05) is 19.1 Å². The van der Waals surface area contributed by atoms with Crippen molar-refractivity contribution in [2.45, 2.75) is 25.9 Å². The van der Waals surface area contributed by atoms with Crippen LogP contribution in [0.3, 0.4) is 0 Å². The van der Waals surface area contributed by atoms with Crippen molar-refractivity contribution in [3.05, 3.63) is 58.1 Å². The molecule has 0 fully saturated rings. The normalized spacial score (nSPS) is 13.5. The van der Waals surface area contributed by atoms with Crippen LogP contribution in [-0.2, 0) is 14.8 Å². The number of anilines is 1. The summed E-state index contributed by atoms with van der Waals surface area (Å²) in [5, 5.41) is 3.38. The number of ether oxygens (including phenoxy) is 1. The number of sulfonamides is 1. The molecule has 0 bridgehead atoms. The van der Waals surface area contributed by atoms with Gasteiger partial charge in [-0.3, -0.25) is 9.10 Å². The molecule has 152 valence electrons. The number of carbonyl (C=O) groups is 1. The first-order valence-electron chi connectivity index (χ1n) is 8.42. The van der Waals surface area contributed by atoms with Crippen molar-refractivity contribution in [2.24, 2.45) is 0 Å². The first-order valence-corrected chi connectivity index (χ1v) is 11.0. The molecule has 0 radical (unpaired) electrons. The van der Waals surface area contributed by atoms with E-state index >= 15 is 0 Å². The highest BCUT2D eigenvalue weighted by atomic mass is 35.5. The monoisotopic (exact) mass is 444 g/mol. The Kier molecular flexibility index (Phi) is 7.20. The quantitative estimate of drug-likeness (QED) is 0.698. The number of hydrogen-bond donors (Lipinski definition) is 1. The molecule has 2 unspecified atom stereocenters. The first-order chi connectivity index (χ1) is 13.0. The van der Waals surface area contributed by atoms with Crippen LogP contribution in [0.5, 0.6) is 5.75 Å². The molecule has 0 saturated heterocycles. The Morgan fingerprint density at radius 2 is 1.61 bits per heavy atom. The third-order valence-electron chi connectivity index (χ3n) is 4.16. The lowest BCUT2D eigenvalue weighted by Crippen LogP contribution is -2.48. The van der Waals surface area contributed by atoms with E-state index in [2.05, 4.69) is 5.32 Å². The number of benzene rings is 2. The summed E-state index contributed by atoms with van der Waals surface area (Å²) in [6.07, 6.45) is 1.03. The fourth-order valence-corrected chi connectivity index (χ4v) is 4.46. The topological polar surface area (TPSA) is 75.7 Å². The van der Waals surface area contributed by atoms with Crippen molar-refractivity contribution in [3.8, 4) is 5.75 Å². The number of rotatable bonds is 7. The van der Waals surface area contributed by atoms with Crippen molar-refractivity contribution < 1.29 is 17.9 Å². The average molecular weight is 445 g/mol. The predicted octanol–water partition coefficient (Wildman–Crippen LogP) is 4.03. The number of nitrogens with zero attached hydrogens (tertiary/aromatic N) is 1. The lowest BCUT2D eigenvalue weighted by molar-refractivity contribution is -0.122. The van der Waals surface area contributed by atoms with Gasteiger partial charge < -0.3 is 10.1 Å². The van der Waals surface area contributed by atoms with E-state index in [-0.39, 0.29) is 21.8 Å². The van der Waals surface area contributed by atoms with Gasteiger partial charge in [-0.1, -0.05) is 35.3 Å². The lowest BCUT2D eigenvalue weighted by atomic mass is 10.1. The molecule has 2 aromatic rings. The second kappa shape index (κ2) is 9.03. The molecule has 6 nitrogen and oxygen atoms in total. The van der Waals surface area contributed by atoms with Gasteiger partial charge in [0, 0.05) is 10.0 Å². The fourth-order valence-electron chi connectivity index (χ4n) is 2.79. The Morgan fingerprint density at radius 3 is 2.07 bits per heavy atom. The molecule has 2 atom stereocenters. The fraction of sp³-hybridized carbons (Fsp3) is 0.316. The molecule has 0 aliphatic heterocycles. The van der Waals surface area contributed by atoms with Crippen LogP contribution in [0.25, 0.3) is 0 Å². The van der Waals surface area contributed by atoms with E-state index < -0.39 is 22.0 Å². The van der Waals surface area contributed by atoms with E-state index in [1.165, 1.54) is 25.1 Å². The summed E-state index contributed by atoms with van der Waals surface area (Å²) in [4.78, 5) is 12.8. The number of methoxy groups -OCH3 is 1. The van der Waals surface area contributed by atoms with Gasteiger partial charge in [0.2, 0.25) is 15.9 Å². The van der Waals surface area contributed by atoms with E-state index in [0.717, 1.165) is 16.1 Å². The van der Waals surface area contributed by atoms with Crippen LogP contribution >= 0.6 is 23.2 Å². The van der Waals surface area contributed by atoms with Gasteiger partial charge in [-0.05, 0) is 49.7 Å². The van der Waals surface area contributed by atoms with Crippen LogP contribution in [-0.4, -0.2) is 33.7 Å². The van der Waals surface area contributed by atoms with Crippen LogP contribution in [0.1, 0.15) is 25.5 Å². The smallest absolute Gasteiger partial charge is 0.244 e. The van der Waals surface area contributed by atoms with Gasteiger partial charge in [0.1, 0.15) is 11.8 Å². The maximum atomic E-state index is 12.8. The van der Waals surface area contributed by atoms with Gasteiger partial charge in [0.25, 0.3) is 0 Å². The third-order valence-corrected chi connectivity index (χ3v) is 5.84. The van der Waals surface area contributed by atoms with Gasteiger partial charge in [-0.15, -0.1) is 0 Å². The molecule has 0 aromatic heterocycles. The summed E-state index contributed by atoms with van der Waals surface area (Å²) >= 11 is 12.0. The molecule has 2 rings (SSSR count). The van der Waals surface area contributed by atoms with Gasteiger partial charge in [0.15, 0.2) is 0 Å². The summed E-state index contributed by atoms with van der Waals surface area (Å²) in [7, 11) is -2.19. The van der Waals surface area contributed by atoms with Crippen LogP contribution in [0.2, 0.25) is 10.0 Å². The van der Waals surface area contributed by atoms with E-state index in [9.17, 15) is 13.2 Å². The van der Waals surface area contributed by atoms with Gasteiger partial charge in [-0.2, -0.15) is 0 Å². The summed E-state index contributed by atoms with van der Waals surface area (Å²) in [5.41, 5.74) is 1.08. The Balaban J connectivity index is 2.25. The minimum Gasteiger partial charge on any atom is -0.497 e. The molecule has 0 spiro atoms. The van der Waals surface area contributed by atoms with Gasteiger partial charge in [0.05, 0.1) is 25.1 Å². The summed E-state index contributed by atoms with van der Waals surface area (Å²) in [6.45, 7) is 3.32. The zero-order valence-electron chi connectivity index (χ0n) is 15.9. The maximum Gasteiger partial charge on any atom is 0.244 e. The minimum absolute atomic E-state index is 0.222. The SMILES string of the molecule is COc1ccc(C(C)NC(=O)C(C)N(c2cc(Cl)cc(Cl)c2)S(C)(=O)=O)cc1. The molecule has 0 aliphatic rings. The highest BCUT2D eigenvalue weighted by Crippen LogP contribution is 2.29. The van der Waals surface area contributed by atoms with E-state index in [1.54, 1.807) is 19.2 Å². The Bertz CT molecular complexity index is 929. The minimum atomic E-state index is -3.77. The average Bonchev–Trinajstić information content (AvgIpc) is 2.59. The molecule has 0 saturated carbocycles. The largest absolute Gasteiger partial charge is 0.497 e.